The maximum Gasteiger partial charge on any atom is 0.323 e. The second-order valence-electron chi connectivity index (χ2n) is 4.41. The number of carboxylic acid groups (broad SMARTS) is 1. The van der Waals surface area contributed by atoms with Gasteiger partial charge in [0.1, 0.15) is 12.3 Å². The maximum atomic E-state index is 12.1. The summed E-state index contributed by atoms with van der Waals surface area (Å²) >= 11 is 7.50. The average Bonchev–Trinajstić information content (AvgIpc) is 2.70. The van der Waals surface area contributed by atoms with Gasteiger partial charge in [-0.25, -0.2) is 0 Å². The molecule has 0 bridgehead atoms. The van der Waals surface area contributed by atoms with Crippen LogP contribution in [0.2, 0.25) is 0 Å². The van der Waals surface area contributed by atoms with Crippen LogP contribution >= 0.6 is 43.6 Å². The maximum absolute atomic E-state index is 12.1. The number of carbonyl (C=O) groups excluding carboxylic acids is 2. The number of hydrogen-bond donors (Lipinski definition) is 1. The fourth-order valence-electron chi connectivity index (χ4n) is 1.87. The van der Waals surface area contributed by atoms with E-state index in [4.69, 9.17) is 9.84 Å². The van der Waals surface area contributed by atoms with Crippen LogP contribution in [0.5, 0.6) is 5.75 Å². The number of halogens is 2. The highest BCUT2D eigenvalue weighted by molar-refractivity contribution is 9.11. The molecule has 23 heavy (non-hydrogen) atoms. The molecule has 0 atom stereocenters. The monoisotopic (exact) mass is 463 g/mol. The third kappa shape index (κ3) is 4.15. The Labute approximate surface area is 153 Å². The molecule has 1 saturated heterocycles. The van der Waals surface area contributed by atoms with Gasteiger partial charge in [0, 0.05) is 0 Å². The van der Waals surface area contributed by atoms with Gasteiger partial charge >= 0.3 is 5.97 Å². The van der Waals surface area contributed by atoms with Crippen LogP contribution in [0.25, 0.3) is 6.08 Å². The van der Waals surface area contributed by atoms with E-state index in [0.29, 0.717) is 31.8 Å². The molecule has 1 aromatic rings. The number of amides is 2. The molecule has 0 saturated carbocycles. The van der Waals surface area contributed by atoms with E-state index in [9.17, 15) is 14.4 Å². The Hall–Kier alpha value is -1.32. The molecule has 1 fully saturated rings. The van der Waals surface area contributed by atoms with Crippen molar-refractivity contribution in [1.29, 1.82) is 0 Å². The van der Waals surface area contributed by atoms with Gasteiger partial charge < -0.3 is 9.84 Å². The molecule has 1 N–H and O–H groups in total. The van der Waals surface area contributed by atoms with Crippen molar-refractivity contribution in [3.05, 3.63) is 31.5 Å². The van der Waals surface area contributed by atoms with E-state index in [0.717, 1.165) is 11.8 Å². The summed E-state index contributed by atoms with van der Waals surface area (Å²) < 4.78 is 6.87. The van der Waals surface area contributed by atoms with Crippen molar-refractivity contribution in [3.63, 3.8) is 0 Å². The van der Waals surface area contributed by atoms with E-state index in [-0.39, 0.29) is 4.91 Å². The quantitative estimate of drug-likeness (QED) is 0.668. The van der Waals surface area contributed by atoms with Gasteiger partial charge in [-0.05, 0) is 74.3 Å². The van der Waals surface area contributed by atoms with Crippen LogP contribution in [0.1, 0.15) is 12.5 Å². The fraction of sp³-hybridized carbons (Fsp3) is 0.214. The highest BCUT2D eigenvalue weighted by Crippen LogP contribution is 2.37. The number of ether oxygens (including phenoxy) is 1. The third-order valence-corrected chi connectivity index (χ3v) is 4.86. The van der Waals surface area contributed by atoms with Crippen molar-refractivity contribution < 1.29 is 24.2 Å². The number of imide groups is 1. The van der Waals surface area contributed by atoms with Gasteiger partial charge in [-0.3, -0.25) is 19.3 Å². The van der Waals surface area contributed by atoms with E-state index >= 15 is 0 Å². The smallest absolute Gasteiger partial charge is 0.323 e. The molecule has 0 unspecified atom stereocenters. The third-order valence-electron chi connectivity index (χ3n) is 2.77. The number of thioether (sulfide) groups is 1. The lowest BCUT2D eigenvalue weighted by Gasteiger charge is -2.10. The van der Waals surface area contributed by atoms with E-state index in [1.165, 1.54) is 6.08 Å². The summed E-state index contributed by atoms with van der Waals surface area (Å²) in [5, 5.41) is 8.15. The van der Waals surface area contributed by atoms with Crippen molar-refractivity contribution in [3.8, 4) is 5.75 Å². The molecule has 1 aromatic carbocycles. The Balaban J connectivity index is 2.31. The van der Waals surface area contributed by atoms with Gasteiger partial charge in [0.15, 0.2) is 0 Å². The SMILES string of the molecule is CCOc1c(Br)cc(/C=C2/SC(=O)N(CC(=O)O)C2=O)cc1Br. The van der Waals surface area contributed by atoms with Crippen LogP contribution in [0.3, 0.4) is 0 Å². The molecule has 0 aromatic heterocycles. The standard InChI is InChI=1S/C14H11Br2NO5S/c1-2-22-12-8(15)3-7(4-9(12)16)5-10-13(20)17(6-11(18)19)14(21)23-10/h3-5H,2,6H2,1H3,(H,18,19)/b10-5+. The number of benzene rings is 1. The highest BCUT2D eigenvalue weighted by Gasteiger charge is 2.36. The molecular formula is C14H11Br2NO5S. The normalized spacial score (nSPS) is 16.3. The first-order valence-corrected chi connectivity index (χ1v) is 8.82. The van der Waals surface area contributed by atoms with Crippen molar-refractivity contribution in [1.82, 2.24) is 4.90 Å². The first kappa shape index (κ1) is 18.0. The molecule has 1 heterocycles. The summed E-state index contributed by atoms with van der Waals surface area (Å²) in [7, 11) is 0. The molecule has 0 aliphatic carbocycles. The Morgan fingerprint density at radius 3 is 2.48 bits per heavy atom. The Bertz CT molecular complexity index is 696. The lowest BCUT2D eigenvalue weighted by molar-refractivity contribution is -0.140. The van der Waals surface area contributed by atoms with Crippen LogP contribution in [0.15, 0.2) is 26.0 Å². The topological polar surface area (TPSA) is 83.9 Å². The summed E-state index contributed by atoms with van der Waals surface area (Å²) in [6.45, 7) is 1.73. The molecule has 6 nitrogen and oxygen atoms in total. The molecule has 0 radical (unpaired) electrons. The minimum atomic E-state index is -1.24. The van der Waals surface area contributed by atoms with Crippen LogP contribution < -0.4 is 4.74 Å². The second-order valence-corrected chi connectivity index (χ2v) is 7.11. The second kappa shape index (κ2) is 7.50. The molecule has 2 rings (SSSR count). The van der Waals surface area contributed by atoms with Crippen LogP contribution in [0, 0.1) is 0 Å². The fourth-order valence-corrected chi connectivity index (χ4v) is 4.16. The summed E-state index contributed by atoms with van der Waals surface area (Å²) in [5.41, 5.74) is 0.674. The minimum Gasteiger partial charge on any atom is -0.492 e. The molecule has 0 spiro atoms. The molecule has 2 amide bonds. The van der Waals surface area contributed by atoms with Gasteiger partial charge in [-0.2, -0.15) is 0 Å². The summed E-state index contributed by atoms with van der Waals surface area (Å²) in [4.78, 5) is 35.4. The number of hydrogen-bond acceptors (Lipinski definition) is 5. The van der Waals surface area contributed by atoms with E-state index in [2.05, 4.69) is 31.9 Å². The van der Waals surface area contributed by atoms with Gasteiger partial charge in [0.05, 0.1) is 20.5 Å². The highest BCUT2D eigenvalue weighted by atomic mass is 79.9. The van der Waals surface area contributed by atoms with Crippen molar-refractivity contribution in [2.75, 3.05) is 13.2 Å². The summed E-state index contributed by atoms with van der Waals surface area (Å²) in [6, 6.07) is 3.50. The first-order valence-electron chi connectivity index (χ1n) is 6.42. The lowest BCUT2D eigenvalue weighted by atomic mass is 10.2. The van der Waals surface area contributed by atoms with Gasteiger partial charge in [0.2, 0.25) is 0 Å². The van der Waals surface area contributed by atoms with Crippen molar-refractivity contribution in [2.45, 2.75) is 6.92 Å². The molecular weight excluding hydrogens is 454 g/mol. The van der Waals surface area contributed by atoms with Crippen LogP contribution in [-0.4, -0.2) is 40.3 Å². The first-order chi connectivity index (χ1) is 10.8. The molecule has 1 aliphatic heterocycles. The Morgan fingerprint density at radius 2 is 1.96 bits per heavy atom. The van der Waals surface area contributed by atoms with Gasteiger partial charge in [0.25, 0.3) is 11.1 Å². The molecule has 122 valence electrons. The molecule has 9 heteroatoms. The lowest BCUT2D eigenvalue weighted by Crippen LogP contribution is -2.33. The zero-order chi connectivity index (χ0) is 17.1. The largest absolute Gasteiger partial charge is 0.492 e. The van der Waals surface area contributed by atoms with Crippen LogP contribution in [-0.2, 0) is 9.59 Å². The number of aliphatic carboxylic acids is 1. The van der Waals surface area contributed by atoms with E-state index in [1.807, 2.05) is 6.92 Å². The number of carbonyl (C=O) groups is 3. The zero-order valence-corrected chi connectivity index (χ0v) is 15.8. The summed E-state index contributed by atoms with van der Waals surface area (Å²) in [6.07, 6.45) is 1.54. The van der Waals surface area contributed by atoms with Gasteiger partial charge in [-0.15, -0.1) is 0 Å². The minimum absolute atomic E-state index is 0.180. The molecule has 1 aliphatic rings. The number of nitrogens with zero attached hydrogens (tertiary/aromatic N) is 1. The Morgan fingerprint density at radius 1 is 1.35 bits per heavy atom. The number of rotatable bonds is 5. The predicted molar refractivity (Wildman–Crippen MR) is 93.3 cm³/mol. The van der Waals surface area contributed by atoms with Crippen molar-refractivity contribution in [2.24, 2.45) is 0 Å². The number of carboxylic acids is 1. The predicted octanol–water partition coefficient (Wildman–Crippen LogP) is 3.73. The van der Waals surface area contributed by atoms with Gasteiger partial charge in [-0.1, -0.05) is 0 Å². The summed E-state index contributed by atoms with van der Waals surface area (Å²) in [5.74, 6) is -1.20. The van der Waals surface area contributed by atoms with E-state index in [1.54, 1.807) is 12.1 Å². The Kier molecular flexibility index (Phi) is 5.88. The average molecular weight is 465 g/mol. The van der Waals surface area contributed by atoms with E-state index < -0.39 is 23.7 Å². The zero-order valence-electron chi connectivity index (χ0n) is 11.8. The van der Waals surface area contributed by atoms with Crippen molar-refractivity contribution >= 4 is 66.8 Å². The van der Waals surface area contributed by atoms with Crippen LogP contribution in [0.4, 0.5) is 4.79 Å².